The van der Waals surface area contributed by atoms with Crippen molar-refractivity contribution >= 4 is 23.9 Å². The van der Waals surface area contributed by atoms with E-state index in [1.165, 1.54) is 0 Å². The van der Waals surface area contributed by atoms with Crippen LogP contribution in [0.25, 0.3) is 0 Å². The molecule has 0 aromatic rings. The summed E-state index contributed by atoms with van der Waals surface area (Å²) in [6.45, 7) is 2.60. The molecular weight excluding hydrogens is 472 g/mol. The summed E-state index contributed by atoms with van der Waals surface area (Å²) in [5.74, 6) is -3.99. The van der Waals surface area contributed by atoms with E-state index in [0.29, 0.717) is 31.8 Å². The molecule has 0 spiro atoms. The topological polar surface area (TPSA) is 239 Å². The van der Waals surface area contributed by atoms with Gasteiger partial charge in [0, 0.05) is 25.0 Å². The van der Waals surface area contributed by atoms with E-state index in [9.17, 15) is 19.2 Å². The quantitative estimate of drug-likeness (QED) is 0.0770. The van der Waals surface area contributed by atoms with Crippen molar-refractivity contribution in [2.45, 2.75) is 77.4 Å². The van der Waals surface area contributed by atoms with Crippen LogP contribution in [0.2, 0.25) is 0 Å². The Kier molecular flexibility index (Phi) is 38.0. The van der Waals surface area contributed by atoms with E-state index < -0.39 is 30.2 Å². The van der Waals surface area contributed by atoms with Crippen molar-refractivity contribution in [1.82, 2.24) is 0 Å². The summed E-state index contributed by atoms with van der Waals surface area (Å²) in [5.41, 5.74) is 0. The van der Waals surface area contributed by atoms with E-state index >= 15 is 0 Å². The summed E-state index contributed by atoms with van der Waals surface area (Å²) in [5, 5.41) is 64.7. The maximum absolute atomic E-state index is 10.1. The highest BCUT2D eigenvalue weighted by Crippen LogP contribution is 2.08. The minimum absolute atomic E-state index is 0.0278. The summed E-state index contributed by atoms with van der Waals surface area (Å²) in [6, 6.07) is 0. The fourth-order valence-electron chi connectivity index (χ4n) is 1.89. The van der Waals surface area contributed by atoms with Gasteiger partial charge in [-0.1, -0.05) is 39.0 Å². The minimum atomic E-state index is -1.26. The lowest BCUT2D eigenvalue weighted by molar-refractivity contribution is -0.138. The summed E-state index contributed by atoms with van der Waals surface area (Å²) in [6.07, 6.45) is 7.16. The van der Waals surface area contributed by atoms with Gasteiger partial charge in [0.05, 0.1) is 26.4 Å². The first-order valence-electron chi connectivity index (χ1n) is 11.2. The van der Waals surface area contributed by atoms with Crippen LogP contribution in [0.3, 0.4) is 0 Å². The van der Waals surface area contributed by atoms with Gasteiger partial charge in [-0.2, -0.15) is 0 Å². The summed E-state index contributed by atoms with van der Waals surface area (Å²) < 4.78 is 4.63. The Bertz CT molecular complexity index is 493. The van der Waals surface area contributed by atoms with Crippen LogP contribution < -0.4 is 0 Å². The Morgan fingerprint density at radius 3 is 1.23 bits per heavy atom. The number of rotatable bonds is 17. The SMILES string of the molecule is CCCC(O)O.O=C(O)/C=C\C(=O)O.O=C(O)CCCCCCCCC(=O)O.OCCOCCO. The van der Waals surface area contributed by atoms with Gasteiger partial charge >= 0.3 is 23.9 Å². The lowest BCUT2D eigenvalue weighted by Gasteiger charge is -1.98. The van der Waals surface area contributed by atoms with Gasteiger partial charge in [0.15, 0.2) is 6.29 Å². The van der Waals surface area contributed by atoms with Crippen molar-refractivity contribution < 1.29 is 64.8 Å². The normalized spacial score (nSPS) is 9.77. The molecule has 0 aromatic carbocycles. The Balaban J connectivity index is -0.000000196. The fraction of sp³-hybridized carbons (Fsp3) is 0.727. The van der Waals surface area contributed by atoms with Crippen LogP contribution in [-0.2, 0) is 23.9 Å². The number of aliphatic hydroxyl groups is 4. The molecule has 0 heterocycles. The number of unbranched alkanes of at least 4 members (excludes halogenated alkanes) is 5. The molecule has 13 nitrogen and oxygen atoms in total. The molecule has 35 heavy (non-hydrogen) atoms. The number of carboxylic acid groups (broad SMARTS) is 4. The summed E-state index contributed by atoms with van der Waals surface area (Å²) >= 11 is 0. The second-order valence-corrected chi connectivity index (χ2v) is 6.75. The summed E-state index contributed by atoms with van der Waals surface area (Å²) in [7, 11) is 0. The van der Waals surface area contributed by atoms with Crippen molar-refractivity contribution in [2.24, 2.45) is 0 Å². The molecule has 0 aliphatic heterocycles. The zero-order chi connectivity index (χ0) is 27.9. The standard InChI is InChI=1S/C10H18O4.C4H4O4.C4H10O3.C4H10O2/c11-9(12)7-5-3-1-2-4-6-8-10(13)14;5-3(6)1-2-4(7)8;5-1-3-7-4-2-6;1-2-3-4(5)6/h1-8H2,(H,11,12)(H,13,14);1-2H,(H,5,6)(H,7,8);5-6H,1-4H2;4-6H,2-3H2,1H3/b;2-1-;;. The first kappa shape index (κ1) is 39.6. The maximum atomic E-state index is 10.1. The molecule has 208 valence electrons. The fourth-order valence-corrected chi connectivity index (χ4v) is 1.89. The zero-order valence-electron chi connectivity index (χ0n) is 20.3. The first-order valence-corrected chi connectivity index (χ1v) is 11.2. The Labute approximate surface area is 205 Å². The molecule has 0 atom stereocenters. The minimum Gasteiger partial charge on any atom is -0.481 e. The van der Waals surface area contributed by atoms with Gasteiger partial charge in [-0.15, -0.1) is 0 Å². The van der Waals surface area contributed by atoms with Gasteiger partial charge in [0.2, 0.25) is 0 Å². The lowest BCUT2D eigenvalue weighted by atomic mass is 10.1. The lowest BCUT2D eigenvalue weighted by Crippen LogP contribution is -2.03. The number of aliphatic carboxylic acids is 4. The number of carboxylic acids is 4. The number of carbonyl (C=O) groups is 4. The summed E-state index contributed by atoms with van der Waals surface area (Å²) in [4.78, 5) is 39.4. The van der Waals surface area contributed by atoms with Crippen molar-refractivity contribution in [1.29, 1.82) is 0 Å². The average molecular weight is 515 g/mol. The van der Waals surface area contributed by atoms with Crippen LogP contribution in [0.15, 0.2) is 12.2 Å². The molecule has 0 saturated heterocycles. The van der Waals surface area contributed by atoms with Gasteiger partial charge in [0.25, 0.3) is 0 Å². The molecule has 13 heteroatoms. The molecule has 0 aromatic heterocycles. The molecular formula is C22H42O13. The van der Waals surface area contributed by atoms with Crippen LogP contribution in [0.4, 0.5) is 0 Å². The second-order valence-electron chi connectivity index (χ2n) is 6.75. The highest BCUT2D eigenvalue weighted by atomic mass is 16.5. The predicted molar refractivity (Wildman–Crippen MR) is 125 cm³/mol. The van der Waals surface area contributed by atoms with E-state index in [4.69, 9.17) is 40.9 Å². The third-order valence-corrected chi connectivity index (χ3v) is 3.42. The Morgan fingerprint density at radius 1 is 0.686 bits per heavy atom. The van der Waals surface area contributed by atoms with Gasteiger partial charge in [0.1, 0.15) is 0 Å². The highest BCUT2D eigenvalue weighted by Gasteiger charge is 1.98. The zero-order valence-corrected chi connectivity index (χ0v) is 20.3. The molecule has 0 amide bonds. The molecule has 0 aliphatic carbocycles. The second kappa shape index (κ2) is 33.6. The van der Waals surface area contributed by atoms with E-state index in [0.717, 1.165) is 44.9 Å². The van der Waals surface area contributed by atoms with Crippen molar-refractivity contribution in [2.75, 3.05) is 26.4 Å². The van der Waals surface area contributed by atoms with Crippen molar-refractivity contribution in [3.8, 4) is 0 Å². The van der Waals surface area contributed by atoms with E-state index in [1.807, 2.05) is 6.92 Å². The highest BCUT2D eigenvalue weighted by molar-refractivity contribution is 5.89. The van der Waals surface area contributed by atoms with E-state index in [-0.39, 0.29) is 26.1 Å². The van der Waals surface area contributed by atoms with Crippen molar-refractivity contribution in [3.63, 3.8) is 0 Å². The largest absolute Gasteiger partial charge is 0.481 e. The average Bonchev–Trinajstić information content (AvgIpc) is 2.75. The molecule has 0 unspecified atom stereocenters. The number of ether oxygens (including phenoxy) is 1. The number of aliphatic hydroxyl groups excluding tert-OH is 3. The maximum Gasteiger partial charge on any atom is 0.328 e. The Morgan fingerprint density at radius 2 is 1.03 bits per heavy atom. The third-order valence-electron chi connectivity index (χ3n) is 3.42. The molecule has 0 aliphatic rings. The van der Waals surface area contributed by atoms with Gasteiger partial charge in [-0.3, -0.25) is 9.59 Å². The van der Waals surface area contributed by atoms with E-state index in [2.05, 4.69) is 4.74 Å². The monoisotopic (exact) mass is 514 g/mol. The molecule has 0 fully saturated rings. The van der Waals surface area contributed by atoms with Gasteiger partial charge in [-0.05, 0) is 19.3 Å². The first-order chi connectivity index (χ1) is 16.4. The molecule has 8 N–H and O–H groups in total. The van der Waals surface area contributed by atoms with Crippen LogP contribution in [0.5, 0.6) is 0 Å². The smallest absolute Gasteiger partial charge is 0.328 e. The predicted octanol–water partition coefficient (Wildman–Crippen LogP) is 1.07. The number of hydrogen-bond donors (Lipinski definition) is 8. The molecule has 0 bridgehead atoms. The van der Waals surface area contributed by atoms with Gasteiger partial charge < -0.3 is 45.6 Å². The molecule has 0 rings (SSSR count). The van der Waals surface area contributed by atoms with E-state index in [1.54, 1.807) is 0 Å². The van der Waals surface area contributed by atoms with Crippen LogP contribution in [0.1, 0.15) is 71.1 Å². The van der Waals surface area contributed by atoms with Gasteiger partial charge in [-0.25, -0.2) is 9.59 Å². The molecule has 0 radical (unpaired) electrons. The van der Waals surface area contributed by atoms with Crippen molar-refractivity contribution in [3.05, 3.63) is 12.2 Å². The molecule has 0 saturated carbocycles. The van der Waals surface area contributed by atoms with Crippen LogP contribution in [0, 0.1) is 0 Å². The number of hydrogen-bond acceptors (Lipinski definition) is 9. The third kappa shape index (κ3) is 65.2. The van der Waals surface area contributed by atoms with Crippen LogP contribution in [-0.4, -0.2) is 97.4 Å². The van der Waals surface area contributed by atoms with Crippen LogP contribution >= 0.6 is 0 Å². The Hall–Kier alpha value is -2.58.